The summed E-state index contributed by atoms with van der Waals surface area (Å²) >= 11 is 0. The lowest BCUT2D eigenvalue weighted by Gasteiger charge is -2.36. The summed E-state index contributed by atoms with van der Waals surface area (Å²) in [5.41, 5.74) is 5.37. The van der Waals surface area contributed by atoms with Gasteiger partial charge in [0, 0.05) is 5.56 Å². The molecule has 2 aromatic carbocycles. The molecule has 2 aromatic rings. The largest absolute Gasteiger partial charge is 0.207 e. The zero-order chi connectivity index (χ0) is 29.3. The molecule has 2 heteroatoms. The molecule has 0 aromatic heterocycles. The smallest absolute Gasteiger partial charge is 0.130 e. The highest BCUT2D eigenvalue weighted by Gasteiger charge is 2.30. The first-order valence-corrected chi connectivity index (χ1v) is 17.8. The van der Waals surface area contributed by atoms with E-state index in [9.17, 15) is 4.39 Å². The molecule has 5 rings (SSSR count). The molecule has 0 nitrogen and oxygen atoms in total. The van der Waals surface area contributed by atoms with Gasteiger partial charge in [0.2, 0.25) is 0 Å². The van der Waals surface area contributed by atoms with Crippen molar-refractivity contribution in [2.45, 2.75) is 148 Å². The van der Waals surface area contributed by atoms with Crippen molar-refractivity contribution >= 4 is 5.57 Å². The van der Waals surface area contributed by atoms with E-state index in [0.29, 0.717) is 17.8 Å². The van der Waals surface area contributed by atoms with E-state index >= 15 is 4.39 Å². The van der Waals surface area contributed by atoms with Crippen LogP contribution in [0.2, 0.25) is 0 Å². The number of hydrogen-bond acceptors (Lipinski definition) is 0. The number of rotatable bonds is 12. The van der Waals surface area contributed by atoms with Gasteiger partial charge in [0.25, 0.3) is 0 Å². The van der Waals surface area contributed by atoms with Gasteiger partial charge in [-0.1, -0.05) is 82.7 Å². The van der Waals surface area contributed by atoms with Crippen LogP contribution >= 0.6 is 0 Å². The zero-order valence-electron chi connectivity index (χ0n) is 26.6. The number of aryl methyl sites for hydroxylation is 1. The van der Waals surface area contributed by atoms with Gasteiger partial charge >= 0.3 is 0 Å². The van der Waals surface area contributed by atoms with Crippen molar-refractivity contribution in [3.05, 3.63) is 76.4 Å². The van der Waals surface area contributed by atoms with Gasteiger partial charge in [-0.3, -0.25) is 0 Å². The van der Waals surface area contributed by atoms with Crippen LogP contribution in [0, 0.1) is 29.4 Å². The van der Waals surface area contributed by atoms with Crippen molar-refractivity contribution in [2.75, 3.05) is 0 Å². The van der Waals surface area contributed by atoms with E-state index in [1.165, 1.54) is 113 Å². The van der Waals surface area contributed by atoms with E-state index in [4.69, 9.17) is 0 Å². The van der Waals surface area contributed by atoms with E-state index in [1.807, 2.05) is 18.2 Å². The van der Waals surface area contributed by atoms with Crippen molar-refractivity contribution in [2.24, 2.45) is 17.8 Å². The molecular weight excluding hydrogens is 518 g/mol. The van der Waals surface area contributed by atoms with Crippen LogP contribution in [0.1, 0.15) is 164 Å². The van der Waals surface area contributed by atoms with Gasteiger partial charge in [-0.05, 0) is 147 Å². The number of benzene rings is 2. The highest BCUT2D eigenvalue weighted by molar-refractivity contribution is 5.67. The van der Waals surface area contributed by atoms with Crippen LogP contribution in [0.5, 0.6) is 0 Å². The Balaban J connectivity index is 1.09. The fourth-order valence-electron chi connectivity index (χ4n) is 8.55. The fraction of sp³-hybridized carbons (Fsp3) is 0.650. The highest BCUT2D eigenvalue weighted by atomic mass is 19.1. The molecule has 2 fully saturated rings. The Bertz CT molecular complexity index is 1150. The lowest BCUT2D eigenvalue weighted by atomic mass is 9.70. The molecule has 0 radical (unpaired) electrons. The topological polar surface area (TPSA) is 0 Å². The maximum atomic E-state index is 15.4. The first-order chi connectivity index (χ1) is 20.6. The van der Waals surface area contributed by atoms with Crippen LogP contribution in [0.25, 0.3) is 5.57 Å². The summed E-state index contributed by atoms with van der Waals surface area (Å²) in [6.45, 7) is 4.47. The SMILES string of the molecule is CCCCCc1ccc(C2CCC(C3CC=C(c4ccc(C5CCC(CCCCC)CC5)cc4F)CC3)CC2)cc1F. The van der Waals surface area contributed by atoms with E-state index in [2.05, 4.69) is 38.1 Å². The summed E-state index contributed by atoms with van der Waals surface area (Å²) in [6.07, 6.45) is 25.2. The zero-order valence-corrected chi connectivity index (χ0v) is 26.6. The molecule has 0 heterocycles. The summed E-state index contributed by atoms with van der Waals surface area (Å²) in [4.78, 5) is 0. The van der Waals surface area contributed by atoms with Crippen molar-refractivity contribution in [1.82, 2.24) is 0 Å². The molecule has 0 N–H and O–H groups in total. The van der Waals surface area contributed by atoms with Gasteiger partial charge in [0.1, 0.15) is 11.6 Å². The fourth-order valence-corrected chi connectivity index (χ4v) is 8.55. The normalized spacial score (nSPS) is 26.7. The van der Waals surface area contributed by atoms with Gasteiger partial charge in [-0.25, -0.2) is 8.78 Å². The predicted molar refractivity (Wildman–Crippen MR) is 175 cm³/mol. The maximum Gasteiger partial charge on any atom is 0.130 e. The average molecular weight is 575 g/mol. The summed E-state index contributed by atoms with van der Waals surface area (Å²) in [5, 5.41) is 0. The third kappa shape index (κ3) is 8.15. The van der Waals surface area contributed by atoms with Crippen molar-refractivity contribution in [3.8, 4) is 0 Å². The molecule has 3 aliphatic rings. The van der Waals surface area contributed by atoms with Crippen molar-refractivity contribution in [1.29, 1.82) is 0 Å². The lowest BCUT2D eigenvalue weighted by Crippen LogP contribution is -2.22. The molecule has 0 spiro atoms. The minimum absolute atomic E-state index is 0.00104. The van der Waals surface area contributed by atoms with Crippen LogP contribution < -0.4 is 0 Å². The molecule has 42 heavy (non-hydrogen) atoms. The summed E-state index contributed by atoms with van der Waals surface area (Å²) < 4.78 is 30.1. The minimum Gasteiger partial charge on any atom is -0.207 e. The molecule has 1 unspecified atom stereocenters. The Morgan fingerprint density at radius 3 is 1.90 bits per heavy atom. The third-order valence-corrected chi connectivity index (χ3v) is 11.4. The van der Waals surface area contributed by atoms with Crippen molar-refractivity contribution < 1.29 is 8.78 Å². The second-order valence-electron chi connectivity index (χ2n) is 14.1. The molecule has 230 valence electrons. The van der Waals surface area contributed by atoms with Crippen LogP contribution in [0.3, 0.4) is 0 Å². The number of hydrogen-bond donors (Lipinski definition) is 0. The summed E-state index contributed by atoms with van der Waals surface area (Å²) in [5.74, 6) is 3.38. The quantitative estimate of drug-likeness (QED) is 0.221. The van der Waals surface area contributed by atoms with Gasteiger partial charge in [-0.2, -0.15) is 0 Å². The Kier molecular flexibility index (Phi) is 11.7. The van der Waals surface area contributed by atoms with Gasteiger partial charge in [0.05, 0.1) is 0 Å². The minimum atomic E-state index is -0.00797. The second-order valence-corrected chi connectivity index (χ2v) is 14.1. The molecular formula is C40H56F2. The second kappa shape index (κ2) is 15.7. The predicted octanol–water partition coefficient (Wildman–Crippen LogP) is 12.7. The molecule has 0 amide bonds. The van der Waals surface area contributed by atoms with Gasteiger partial charge in [0.15, 0.2) is 0 Å². The number of allylic oxidation sites excluding steroid dienone is 2. The molecule has 0 saturated heterocycles. The van der Waals surface area contributed by atoms with E-state index in [1.54, 1.807) is 0 Å². The Morgan fingerprint density at radius 1 is 0.643 bits per heavy atom. The van der Waals surface area contributed by atoms with E-state index in [0.717, 1.165) is 48.6 Å². The van der Waals surface area contributed by atoms with E-state index in [-0.39, 0.29) is 11.6 Å². The lowest BCUT2D eigenvalue weighted by molar-refractivity contribution is 0.220. The van der Waals surface area contributed by atoms with E-state index < -0.39 is 0 Å². The summed E-state index contributed by atoms with van der Waals surface area (Å²) in [6, 6.07) is 12.3. The molecule has 3 aliphatic carbocycles. The number of unbranched alkanes of at least 4 members (excludes halogenated alkanes) is 4. The first-order valence-electron chi connectivity index (χ1n) is 17.8. The monoisotopic (exact) mass is 574 g/mol. The molecule has 0 aliphatic heterocycles. The Hall–Kier alpha value is -1.96. The van der Waals surface area contributed by atoms with Crippen LogP contribution in [-0.2, 0) is 6.42 Å². The molecule has 1 atom stereocenters. The molecule has 0 bridgehead atoms. The van der Waals surface area contributed by atoms with Crippen LogP contribution in [-0.4, -0.2) is 0 Å². The van der Waals surface area contributed by atoms with Gasteiger partial charge in [-0.15, -0.1) is 0 Å². The standard InChI is InChI=1S/C40H56F2/c1-3-5-7-9-29-11-13-32(14-12-29)37-25-26-38(40(42)28-37)34-21-19-31(20-22-34)30-15-17-33(18-16-30)36-24-23-35(39(41)27-36)10-8-6-4-2/h21,23-33H,3-20,22H2,1-2H3. The third-order valence-electron chi connectivity index (χ3n) is 11.4. The van der Waals surface area contributed by atoms with Crippen LogP contribution in [0.4, 0.5) is 8.78 Å². The average Bonchev–Trinajstić information content (AvgIpc) is 3.02. The summed E-state index contributed by atoms with van der Waals surface area (Å²) in [7, 11) is 0. The van der Waals surface area contributed by atoms with Crippen molar-refractivity contribution in [3.63, 3.8) is 0 Å². The van der Waals surface area contributed by atoms with Crippen LogP contribution in [0.15, 0.2) is 42.5 Å². The highest BCUT2D eigenvalue weighted by Crippen LogP contribution is 2.45. The maximum absolute atomic E-state index is 15.4. The Labute approximate surface area is 255 Å². The van der Waals surface area contributed by atoms with Gasteiger partial charge < -0.3 is 0 Å². The first kappa shape index (κ1) is 31.5. The molecule has 2 saturated carbocycles. The number of halogens is 2. The Morgan fingerprint density at radius 2 is 1.29 bits per heavy atom.